The number of benzene rings is 1. The zero-order chi connectivity index (χ0) is 17.6. The first kappa shape index (κ1) is 15.8. The SMILES string of the molecule is Cc1c(-c2ccc(F)cc2)cnc2c(C(=O)N[C@@H](C)C3CC3)ccn12. The number of aryl methyl sites for hydroxylation is 1. The number of fused-ring (bicyclic) bond motifs is 1. The lowest BCUT2D eigenvalue weighted by molar-refractivity contribution is 0.0937. The summed E-state index contributed by atoms with van der Waals surface area (Å²) in [7, 11) is 0. The maximum atomic E-state index is 13.1. The van der Waals surface area contributed by atoms with E-state index >= 15 is 0 Å². The van der Waals surface area contributed by atoms with E-state index in [1.54, 1.807) is 24.4 Å². The molecule has 1 N–H and O–H groups in total. The van der Waals surface area contributed by atoms with Crippen LogP contribution in [0.1, 0.15) is 35.8 Å². The molecule has 128 valence electrons. The summed E-state index contributed by atoms with van der Waals surface area (Å²) in [5.74, 6) is 0.265. The molecule has 25 heavy (non-hydrogen) atoms. The summed E-state index contributed by atoms with van der Waals surface area (Å²) in [6.45, 7) is 4.03. The van der Waals surface area contributed by atoms with Crippen LogP contribution in [0.4, 0.5) is 4.39 Å². The second-order valence-electron chi connectivity index (χ2n) is 6.79. The molecule has 0 bridgehead atoms. The Bertz CT molecular complexity index is 941. The molecule has 1 aliphatic rings. The summed E-state index contributed by atoms with van der Waals surface area (Å²) in [5, 5.41) is 3.07. The van der Waals surface area contributed by atoms with E-state index in [0.717, 1.165) is 16.8 Å². The highest BCUT2D eigenvalue weighted by atomic mass is 19.1. The van der Waals surface area contributed by atoms with Gasteiger partial charge >= 0.3 is 0 Å². The lowest BCUT2D eigenvalue weighted by Gasteiger charge is -2.13. The third-order valence-corrected chi connectivity index (χ3v) is 5.01. The highest BCUT2D eigenvalue weighted by Gasteiger charge is 2.29. The van der Waals surface area contributed by atoms with E-state index in [4.69, 9.17) is 0 Å². The van der Waals surface area contributed by atoms with Crippen LogP contribution < -0.4 is 5.32 Å². The van der Waals surface area contributed by atoms with Gasteiger partial charge in [-0.3, -0.25) is 4.79 Å². The summed E-state index contributed by atoms with van der Waals surface area (Å²) >= 11 is 0. The van der Waals surface area contributed by atoms with Crippen molar-refractivity contribution < 1.29 is 9.18 Å². The average Bonchev–Trinajstić information content (AvgIpc) is 3.35. The van der Waals surface area contributed by atoms with Gasteiger partial charge in [0.1, 0.15) is 11.5 Å². The third kappa shape index (κ3) is 2.90. The molecule has 0 aliphatic heterocycles. The van der Waals surface area contributed by atoms with E-state index in [9.17, 15) is 9.18 Å². The fourth-order valence-electron chi connectivity index (χ4n) is 3.26. The molecule has 0 spiro atoms. The second kappa shape index (κ2) is 5.99. The van der Waals surface area contributed by atoms with Crippen LogP contribution >= 0.6 is 0 Å². The number of nitrogens with zero attached hydrogens (tertiary/aromatic N) is 2. The molecule has 2 aromatic heterocycles. The van der Waals surface area contributed by atoms with Gasteiger partial charge in [0.25, 0.3) is 5.91 Å². The normalized spacial score (nSPS) is 15.3. The van der Waals surface area contributed by atoms with Crippen molar-refractivity contribution in [3.05, 3.63) is 59.8 Å². The average molecular weight is 337 g/mol. The largest absolute Gasteiger partial charge is 0.349 e. The van der Waals surface area contributed by atoms with E-state index in [1.807, 2.05) is 17.5 Å². The lowest BCUT2D eigenvalue weighted by Crippen LogP contribution is -2.34. The Balaban J connectivity index is 1.69. The van der Waals surface area contributed by atoms with Gasteiger partial charge < -0.3 is 9.72 Å². The minimum Gasteiger partial charge on any atom is -0.349 e. The Hall–Kier alpha value is -2.69. The molecule has 1 saturated carbocycles. The molecule has 5 heteroatoms. The minimum absolute atomic E-state index is 0.0802. The van der Waals surface area contributed by atoms with Gasteiger partial charge in [-0.2, -0.15) is 0 Å². The van der Waals surface area contributed by atoms with Gasteiger partial charge in [-0.15, -0.1) is 0 Å². The molecule has 4 rings (SSSR count). The van der Waals surface area contributed by atoms with Gasteiger partial charge in [-0.1, -0.05) is 12.1 Å². The van der Waals surface area contributed by atoms with E-state index in [2.05, 4.69) is 17.2 Å². The van der Waals surface area contributed by atoms with Crippen LogP contribution in [0.5, 0.6) is 0 Å². The smallest absolute Gasteiger partial charge is 0.255 e. The molecule has 1 aromatic carbocycles. The zero-order valence-corrected chi connectivity index (χ0v) is 14.3. The Morgan fingerprint density at radius 2 is 2.00 bits per heavy atom. The van der Waals surface area contributed by atoms with Crippen LogP contribution in [-0.4, -0.2) is 21.3 Å². The first-order valence-electron chi connectivity index (χ1n) is 8.58. The van der Waals surface area contributed by atoms with Crippen molar-refractivity contribution in [1.82, 2.24) is 14.7 Å². The quantitative estimate of drug-likeness (QED) is 0.783. The van der Waals surface area contributed by atoms with Crippen molar-refractivity contribution in [2.75, 3.05) is 0 Å². The molecule has 0 radical (unpaired) electrons. The number of aromatic nitrogens is 2. The predicted molar refractivity (Wildman–Crippen MR) is 95.0 cm³/mol. The standard InChI is InChI=1S/C20H20FN3O/c1-12(14-3-4-14)23-20(25)17-9-10-24-13(2)18(11-22-19(17)24)15-5-7-16(21)8-6-15/h5-12,14H,3-4H2,1-2H3,(H,23,25)/t12-/m0/s1. The molecule has 0 unspecified atom stereocenters. The number of hydrogen-bond acceptors (Lipinski definition) is 2. The number of carbonyl (C=O) groups excluding carboxylic acids is 1. The number of halogens is 1. The van der Waals surface area contributed by atoms with Crippen molar-refractivity contribution in [2.45, 2.75) is 32.7 Å². The van der Waals surface area contributed by atoms with Gasteiger partial charge in [-0.25, -0.2) is 9.37 Å². The summed E-state index contributed by atoms with van der Waals surface area (Å²) in [6.07, 6.45) is 5.99. The van der Waals surface area contributed by atoms with Gasteiger partial charge in [0.2, 0.25) is 0 Å². The third-order valence-electron chi connectivity index (χ3n) is 5.01. The maximum Gasteiger partial charge on any atom is 0.255 e. The topological polar surface area (TPSA) is 46.4 Å². The Labute approximate surface area is 145 Å². The number of carbonyl (C=O) groups is 1. The van der Waals surface area contributed by atoms with Crippen molar-refractivity contribution in [2.24, 2.45) is 5.92 Å². The van der Waals surface area contributed by atoms with Crippen LogP contribution in [0.3, 0.4) is 0 Å². The van der Waals surface area contributed by atoms with E-state index in [0.29, 0.717) is 17.1 Å². The lowest BCUT2D eigenvalue weighted by atomic mass is 10.1. The van der Waals surface area contributed by atoms with Crippen LogP contribution in [0, 0.1) is 18.7 Å². The van der Waals surface area contributed by atoms with Crippen LogP contribution in [0.25, 0.3) is 16.8 Å². The number of nitrogens with one attached hydrogen (secondary N) is 1. The fourth-order valence-corrected chi connectivity index (χ4v) is 3.26. The molecule has 1 fully saturated rings. The van der Waals surface area contributed by atoms with Gasteiger partial charge in [0.05, 0.1) is 5.56 Å². The molecular formula is C20H20FN3O. The van der Waals surface area contributed by atoms with Gasteiger partial charge in [0, 0.05) is 29.7 Å². The maximum absolute atomic E-state index is 13.1. The molecule has 1 atom stereocenters. The predicted octanol–water partition coefficient (Wildman–Crippen LogP) is 3.98. The summed E-state index contributed by atoms with van der Waals surface area (Å²) in [5.41, 5.74) is 4.01. The molecule has 4 nitrogen and oxygen atoms in total. The van der Waals surface area contributed by atoms with Crippen molar-refractivity contribution in [3.8, 4) is 11.1 Å². The Kier molecular flexibility index (Phi) is 3.79. The van der Waals surface area contributed by atoms with Crippen LogP contribution in [0.2, 0.25) is 0 Å². The van der Waals surface area contributed by atoms with Crippen molar-refractivity contribution in [3.63, 3.8) is 0 Å². The van der Waals surface area contributed by atoms with E-state index < -0.39 is 0 Å². The molecule has 3 aromatic rings. The summed E-state index contributed by atoms with van der Waals surface area (Å²) < 4.78 is 15.1. The fraction of sp³-hybridized carbons (Fsp3) is 0.300. The second-order valence-corrected chi connectivity index (χ2v) is 6.79. The first-order chi connectivity index (χ1) is 12.0. The van der Waals surface area contributed by atoms with E-state index in [-0.39, 0.29) is 17.8 Å². The highest BCUT2D eigenvalue weighted by Crippen LogP contribution is 2.32. The first-order valence-corrected chi connectivity index (χ1v) is 8.58. The van der Waals surface area contributed by atoms with Crippen LogP contribution in [0.15, 0.2) is 42.7 Å². The van der Waals surface area contributed by atoms with Crippen molar-refractivity contribution >= 4 is 11.6 Å². The van der Waals surface area contributed by atoms with Gasteiger partial charge in [-0.05, 0) is 56.4 Å². The van der Waals surface area contributed by atoms with Gasteiger partial charge in [0.15, 0.2) is 0 Å². The number of hydrogen-bond donors (Lipinski definition) is 1. The molecule has 0 saturated heterocycles. The number of amides is 1. The molecular weight excluding hydrogens is 317 g/mol. The molecule has 2 heterocycles. The highest BCUT2D eigenvalue weighted by molar-refractivity contribution is 6.00. The minimum atomic E-state index is -0.264. The monoisotopic (exact) mass is 337 g/mol. The van der Waals surface area contributed by atoms with E-state index in [1.165, 1.54) is 25.0 Å². The Morgan fingerprint density at radius 3 is 2.68 bits per heavy atom. The zero-order valence-electron chi connectivity index (χ0n) is 14.3. The van der Waals surface area contributed by atoms with Crippen molar-refractivity contribution in [1.29, 1.82) is 0 Å². The summed E-state index contributed by atoms with van der Waals surface area (Å²) in [6, 6.07) is 8.35. The summed E-state index contributed by atoms with van der Waals surface area (Å²) in [4.78, 5) is 17.1. The molecule has 1 aliphatic carbocycles. The van der Waals surface area contributed by atoms with Crippen LogP contribution in [-0.2, 0) is 0 Å². The molecule has 1 amide bonds. The number of rotatable bonds is 4. The Morgan fingerprint density at radius 1 is 1.28 bits per heavy atom.